The van der Waals surface area contributed by atoms with Crippen molar-refractivity contribution < 1.29 is 19.1 Å². The molecule has 0 fully saturated rings. The Morgan fingerprint density at radius 1 is 0.939 bits per heavy atom. The molecule has 4 rings (SSSR count). The number of rotatable bonds is 8. The maximum absolute atomic E-state index is 12.3. The second-order valence-corrected chi connectivity index (χ2v) is 7.22. The monoisotopic (exact) mass is 441 g/mol. The second-order valence-electron chi connectivity index (χ2n) is 7.22. The molecule has 0 bridgehead atoms. The van der Waals surface area contributed by atoms with Gasteiger partial charge in [-0.05, 0) is 30.3 Å². The topological polar surface area (TPSA) is 82.5 Å². The summed E-state index contributed by atoms with van der Waals surface area (Å²) in [6, 6.07) is 26.1. The summed E-state index contributed by atoms with van der Waals surface area (Å²) < 4.78 is 12.3. The molecule has 7 heteroatoms. The summed E-state index contributed by atoms with van der Waals surface area (Å²) in [5.74, 6) is -0.362. The SMILES string of the molecule is COc1cccc(C(=O)NCC(=O)OCc2cn(-c3ccccc3)nc2-c2ccccc2)c1. The first-order chi connectivity index (χ1) is 16.1. The molecule has 33 heavy (non-hydrogen) atoms. The Balaban J connectivity index is 1.43. The fourth-order valence-corrected chi connectivity index (χ4v) is 3.30. The number of ether oxygens (including phenoxy) is 2. The van der Waals surface area contributed by atoms with Crippen LogP contribution in [0.25, 0.3) is 16.9 Å². The van der Waals surface area contributed by atoms with Gasteiger partial charge in [0.25, 0.3) is 5.91 Å². The lowest BCUT2D eigenvalue weighted by atomic mass is 10.1. The van der Waals surface area contributed by atoms with Gasteiger partial charge in [-0.3, -0.25) is 9.59 Å². The molecule has 1 N–H and O–H groups in total. The fraction of sp³-hybridized carbons (Fsp3) is 0.115. The zero-order valence-electron chi connectivity index (χ0n) is 18.1. The lowest BCUT2D eigenvalue weighted by Gasteiger charge is -2.08. The Bertz CT molecular complexity index is 1240. The lowest BCUT2D eigenvalue weighted by Crippen LogP contribution is -2.30. The molecule has 3 aromatic carbocycles. The van der Waals surface area contributed by atoms with Gasteiger partial charge in [0.2, 0.25) is 0 Å². The van der Waals surface area contributed by atoms with Crippen molar-refractivity contribution in [1.82, 2.24) is 15.1 Å². The van der Waals surface area contributed by atoms with Gasteiger partial charge in [-0.1, -0.05) is 54.6 Å². The highest BCUT2D eigenvalue weighted by Crippen LogP contribution is 2.24. The lowest BCUT2D eigenvalue weighted by molar-refractivity contribution is -0.143. The van der Waals surface area contributed by atoms with Gasteiger partial charge in [-0.2, -0.15) is 5.10 Å². The summed E-state index contributed by atoms with van der Waals surface area (Å²) in [6.45, 7) is -0.214. The molecule has 0 saturated heterocycles. The number of nitrogens with zero attached hydrogens (tertiary/aromatic N) is 2. The van der Waals surface area contributed by atoms with Gasteiger partial charge in [-0.25, -0.2) is 4.68 Å². The highest BCUT2D eigenvalue weighted by Gasteiger charge is 2.15. The fourth-order valence-electron chi connectivity index (χ4n) is 3.30. The number of nitrogens with one attached hydrogen (secondary N) is 1. The van der Waals surface area contributed by atoms with Crippen molar-refractivity contribution >= 4 is 11.9 Å². The van der Waals surface area contributed by atoms with E-state index in [0.29, 0.717) is 11.3 Å². The van der Waals surface area contributed by atoms with Crippen LogP contribution < -0.4 is 10.1 Å². The zero-order valence-corrected chi connectivity index (χ0v) is 18.1. The summed E-state index contributed by atoms with van der Waals surface area (Å²) in [5, 5.41) is 7.28. The summed E-state index contributed by atoms with van der Waals surface area (Å²) in [6.07, 6.45) is 1.85. The predicted octanol–water partition coefficient (Wildman–Crippen LogP) is 4.02. The van der Waals surface area contributed by atoms with Crippen LogP contribution in [-0.4, -0.2) is 35.3 Å². The van der Waals surface area contributed by atoms with Gasteiger partial charge in [0.05, 0.1) is 18.5 Å². The number of esters is 1. The number of methoxy groups -OCH3 is 1. The highest BCUT2D eigenvalue weighted by molar-refractivity contribution is 5.96. The first-order valence-corrected chi connectivity index (χ1v) is 10.4. The Morgan fingerprint density at radius 2 is 1.67 bits per heavy atom. The first kappa shape index (κ1) is 21.8. The number of para-hydroxylation sites is 1. The molecule has 0 atom stereocenters. The average Bonchev–Trinajstić information content (AvgIpc) is 3.31. The summed E-state index contributed by atoms with van der Waals surface area (Å²) in [5.41, 5.74) is 3.71. The minimum atomic E-state index is -0.544. The van der Waals surface area contributed by atoms with E-state index in [1.807, 2.05) is 66.9 Å². The molecule has 0 aliphatic carbocycles. The Morgan fingerprint density at radius 3 is 2.39 bits per heavy atom. The third-order valence-electron chi connectivity index (χ3n) is 4.97. The summed E-state index contributed by atoms with van der Waals surface area (Å²) >= 11 is 0. The van der Waals surface area contributed by atoms with E-state index in [1.54, 1.807) is 28.9 Å². The van der Waals surface area contributed by atoms with Gasteiger partial charge >= 0.3 is 5.97 Å². The van der Waals surface area contributed by atoms with Gasteiger partial charge in [0.15, 0.2) is 0 Å². The smallest absolute Gasteiger partial charge is 0.325 e. The van der Waals surface area contributed by atoms with E-state index in [9.17, 15) is 9.59 Å². The molecule has 0 spiro atoms. The third-order valence-corrected chi connectivity index (χ3v) is 4.97. The van der Waals surface area contributed by atoms with E-state index in [-0.39, 0.29) is 19.1 Å². The van der Waals surface area contributed by atoms with E-state index in [4.69, 9.17) is 14.6 Å². The quantitative estimate of drug-likeness (QED) is 0.418. The number of hydrogen-bond donors (Lipinski definition) is 1. The van der Waals surface area contributed by atoms with Crippen molar-refractivity contribution in [3.05, 3.63) is 102 Å². The molecular formula is C26H23N3O4. The normalized spacial score (nSPS) is 10.5. The van der Waals surface area contributed by atoms with Crippen LogP contribution in [0.1, 0.15) is 15.9 Å². The Hall–Kier alpha value is -4.39. The first-order valence-electron chi connectivity index (χ1n) is 10.4. The van der Waals surface area contributed by atoms with E-state index in [1.165, 1.54) is 7.11 Å². The number of aromatic nitrogens is 2. The second kappa shape index (κ2) is 10.3. The average molecular weight is 441 g/mol. The molecule has 0 aliphatic rings. The van der Waals surface area contributed by atoms with Gasteiger partial charge in [0.1, 0.15) is 18.9 Å². The van der Waals surface area contributed by atoms with Gasteiger partial charge < -0.3 is 14.8 Å². The van der Waals surface area contributed by atoms with Crippen LogP contribution >= 0.6 is 0 Å². The van der Waals surface area contributed by atoms with Gasteiger partial charge in [-0.15, -0.1) is 0 Å². The van der Waals surface area contributed by atoms with E-state index >= 15 is 0 Å². The number of amides is 1. The largest absolute Gasteiger partial charge is 0.497 e. The minimum Gasteiger partial charge on any atom is -0.497 e. The molecule has 0 radical (unpaired) electrons. The molecule has 166 valence electrons. The number of carbonyl (C=O) groups is 2. The maximum Gasteiger partial charge on any atom is 0.325 e. The molecule has 1 aromatic heterocycles. The van der Waals surface area contributed by atoms with Crippen LogP contribution in [0.5, 0.6) is 5.75 Å². The van der Waals surface area contributed by atoms with Crippen molar-refractivity contribution in [3.63, 3.8) is 0 Å². The van der Waals surface area contributed by atoms with Crippen LogP contribution in [-0.2, 0) is 16.1 Å². The maximum atomic E-state index is 12.3. The van der Waals surface area contributed by atoms with Crippen molar-refractivity contribution in [1.29, 1.82) is 0 Å². The van der Waals surface area contributed by atoms with E-state index < -0.39 is 5.97 Å². The standard InChI is InChI=1S/C26H23N3O4/c1-32-23-14-8-11-20(15-23)26(31)27-16-24(30)33-18-21-17-29(22-12-6-3-7-13-22)28-25(21)19-9-4-2-5-10-19/h2-15,17H,16,18H2,1H3,(H,27,31). The minimum absolute atomic E-state index is 0.0327. The Labute approximate surface area is 191 Å². The molecule has 4 aromatic rings. The summed E-state index contributed by atoms with van der Waals surface area (Å²) in [7, 11) is 1.53. The van der Waals surface area contributed by atoms with Crippen molar-refractivity contribution in [2.75, 3.05) is 13.7 Å². The van der Waals surface area contributed by atoms with Crippen LogP contribution in [0.2, 0.25) is 0 Å². The zero-order chi connectivity index (χ0) is 23.0. The number of hydrogen-bond acceptors (Lipinski definition) is 5. The van der Waals surface area contributed by atoms with Crippen molar-refractivity contribution in [2.24, 2.45) is 0 Å². The number of benzene rings is 3. The van der Waals surface area contributed by atoms with Crippen LogP contribution in [0.3, 0.4) is 0 Å². The van der Waals surface area contributed by atoms with E-state index in [0.717, 1.165) is 22.5 Å². The Kier molecular flexibility index (Phi) is 6.80. The third kappa shape index (κ3) is 5.46. The van der Waals surface area contributed by atoms with Gasteiger partial charge in [0, 0.05) is 22.9 Å². The van der Waals surface area contributed by atoms with Crippen molar-refractivity contribution in [2.45, 2.75) is 6.61 Å². The van der Waals surface area contributed by atoms with Crippen LogP contribution in [0.15, 0.2) is 91.1 Å². The summed E-state index contributed by atoms with van der Waals surface area (Å²) in [4.78, 5) is 24.6. The molecule has 1 amide bonds. The molecule has 0 unspecified atom stereocenters. The molecule has 7 nitrogen and oxygen atoms in total. The van der Waals surface area contributed by atoms with Crippen molar-refractivity contribution in [3.8, 4) is 22.7 Å². The highest BCUT2D eigenvalue weighted by atomic mass is 16.5. The molecule has 0 saturated carbocycles. The van der Waals surface area contributed by atoms with Crippen LogP contribution in [0, 0.1) is 0 Å². The van der Waals surface area contributed by atoms with Crippen LogP contribution in [0.4, 0.5) is 0 Å². The van der Waals surface area contributed by atoms with E-state index in [2.05, 4.69) is 5.32 Å². The molecule has 1 heterocycles. The number of carbonyl (C=O) groups excluding carboxylic acids is 2. The molecular weight excluding hydrogens is 418 g/mol. The predicted molar refractivity (Wildman–Crippen MR) is 124 cm³/mol. The molecule has 0 aliphatic heterocycles.